The first kappa shape index (κ1) is 17.7. The van der Waals surface area contributed by atoms with E-state index in [-0.39, 0.29) is 12.7 Å². The van der Waals surface area contributed by atoms with Crippen molar-refractivity contribution in [1.29, 1.82) is 0 Å². The Balaban J connectivity index is 2.56. The summed E-state index contributed by atoms with van der Waals surface area (Å²) in [5.41, 5.74) is 0.632. The number of methoxy groups -OCH3 is 1. The van der Waals surface area contributed by atoms with Gasteiger partial charge in [-0.2, -0.15) is 8.42 Å². The number of ether oxygens (including phenoxy) is 2. The van der Waals surface area contributed by atoms with Crippen LogP contribution in [-0.2, 0) is 19.0 Å². The number of hydrogen-bond acceptors (Lipinski definition) is 5. The molecule has 1 atom stereocenters. The molecule has 1 rings (SSSR count). The molecular formula is C15H20O5S. The highest BCUT2D eigenvalue weighted by Crippen LogP contribution is 2.13. The maximum atomic E-state index is 11.7. The lowest BCUT2D eigenvalue weighted by molar-refractivity contribution is 0.0348. The minimum atomic E-state index is -3.86. The molecular weight excluding hydrogens is 292 g/mol. The van der Waals surface area contributed by atoms with Gasteiger partial charge in [-0.25, -0.2) is 0 Å². The first-order chi connectivity index (χ1) is 9.96. The molecule has 5 nitrogen and oxygen atoms in total. The van der Waals surface area contributed by atoms with Gasteiger partial charge in [-0.15, -0.1) is 0 Å². The largest absolute Gasteiger partial charge is 0.496 e. The first-order valence-electron chi connectivity index (χ1n) is 6.64. The molecule has 0 aliphatic heterocycles. The minimum absolute atomic E-state index is 0.0327. The summed E-state index contributed by atoms with van der Waals surface area (Å²) in [6, 6.07) is 7.83. The van der Waals surface area contributed by atoms with Gasteiger partial charge in [0.05, 0.1) is 19.8 Å². The molecule has 0 N–H and O–H groups in total. The Bertz CT molecular complexity index is 551. The minimum Gasteiger partial charge on any atom is -0.496 e. The SMILES string of the molecule is CCCOC(C)COS(=O)(=O)[C]=Cc1cc[c]c(OC)c1. The second kappa shape index (κ2) is 8.81. The van der Waals surface area contributed by atoms with E-state index in [2.05, 4.69) is 11.5 Å². The van der Waals surface area contributed by atoms with Crippen LogP contribution in [0.1, 0.15) is 25.8 Å². The Labute approximate surface area is 126 Å². The van der Waals surface area contributed by atoms with Crippen LogP contribution >= 0.6 is 0 Å². The van der Waals surface area contributed by atoms with Crippen LogP contribution in [-0.4, -0.2) is 34.8 Å². The smallest absolute Gasteiger partial charge is 0.298 e. The van der Waals surface area contributed by atoms with E-state index in [1.54, 1.807) is 25.1 Å². The molecule has 21 heavy (non-hydrogen) atoms. The summed E-state index contributed by atoms with van der Waals surface area (Å²) in [4.78, 5) is 0. The maximum Gasteiger partial charge on any atom is 0.298 e. The number of benzene rings is 1. The fourth-order valence-corrected chi connectivity index (χ4v) is 2.11. The lowest BCUT2D eigenvalue weighted by Gasteiger charge is -2.11. The normalized spacial score (nSPS) is 13.5. The molecule has 6 heteroatoms. The Hall–Kier alpha value is -1.37. The number of rotatable bonds is 9. The molecule has 116 valence electrons. The average Bonchev–Trinajstić information content (AvgIpc) is 2.49. The standard InChI is InChI=1S/C15H20O5S/c1-4-9-19-13(2)12-20-21(16,17)10-8-14-6-5-7-15(11-14)18-3/h5-6,8,11,13H,4,9,12H2,1-3H3. The third-order valence-electron chi connectivity index (χ3n) is 2.45. The van der Waals surface area contributed by atoms with Crippen molar-refractivity contribution in [3.8, 4) is 5.75 Å². The van der Waals surface area contributed by atoms with Crippen LogP contribution in [0.2, 0.25) is 0 Å². The Morgan fingerprint density at radius 2 is 2.24 bits per heavy atom. The van der Waals surface area contributed by atoms with Crippen molar-refractivity contribution in [1.82, 2.24) is 0 Å². The summed E-state index contributed by atoms with van der Waals surface area (Å²) >= 11 is 0. The zero-order chi connectivity index (χ0) is 15.7. The van der Waals surface area contributed by atoms with E-state index >= 15 is 0 Å². The van der Waals surface area contributed by atoms with Gasteiger partial charge >= 0.3 is 0 Å². The van der Waals surface area contributed by atoms with Crippen molar-refractivity contribution in [3.63, 3.8) is 0 Å². The highest BCUT2D eigenvalue weighted by molar-refractivity contribution is 7.88. The van der Waals surface area contributed by atoms with Gasteiger partial charge < -0.3 is 9.47 Å². The summed E-state index contributed by atoms with van der Waals surface area (Å²) in [6.07, 6.45) is 1.91. The molecule has 1 unspecified atom stereocenters. The van der Waals surface area contributed by atoms with E-state index in [9.17, 15) is 8.42 Å². The Morgan fingerprint density at radius 1 is 1.48 bits per heavy atom. The summed E-state index contributed by atoms with van der Waals surface area (Å²) in [5.74, 6) is 0.519. The summed E-state index contributed by atoms with van der Waals surface area (Å²) in [6.45, 7) is 4.28. The predicted octanol–water partition coefficient (Wildman–Crippen LogP) is 2.43. The van der Waals surface area contributed by atoms with Gasteiger partial charge in [-0.3, -0.25) is 4.18 Å². The van der Waals surface area contributed by atoms with E-state index in [0.29, 0.717) is 17.9 Å². The van der Waals surface area contributed by atoms with Crippen molar-refractivity contribution in [2.45, 2.75) is 26.4 Å². The van der Waals surface area contributed by atoms with Gasteiger partial charge in [0.2, 0.25) is 0 Å². The topological polar surface area (TPSA) is 61.8 Å². The molecule has 0 amide bonds. The van der Waals surface area contributed by atoms with Gasteiger partial charge in [0, 0.05) is 12.7 Å². The maximum absolute atomic E-state index is 11.7. The molecule has 0 aliphatic rings. The Kier molecular flexibility index (Phi) is 7.42. The van der Waals surface area contributed by atoms with E-state index in [1.807, 2.05) is 6.92 Å². The molecule has 1 aromatic rings. The van der Waals surface area contributed by atoms with E-state index in [0.717, 1.165) is 6.42 Å². The molecule has 0 bridgehead atoms. The fraction of sp³-hybridized carbons (Fsp3) is 0.467. The molecule has 1 aromatic carbocycles. The van der Waals surface area contributed by atoms with Crippen LogP contribution in [0.3, 0.4) is 0 Å². The molecule has 0 saturated carbocycles. The third kappa shape index (κ3) is 7.27. The van der Waals surface area contributed by atoms with Gasteiger partial charge in [-0.05, 0) is 37.1 Å². The third-order valence-corrected chi connectivity index (χ3v) is 3.31. The predicted molar refractivity (Wildman–Crippen MR) is 80.1 cm³/mol. The highest BCUT2D eigenvalue weighted by atomic mass is 32.2. The highest BCUT2D eigenvalue weighted by Gasteiger charge is 2.11. The molecule has 0 spiro atoms. The van der Waals surface area contributed by atoms with Crippen LogP contribution in [0, 0.1) is 11.5 Å². The average molecular weight is 312 g/mol. The van der Waals surface area contributed by atoms with Crippen molar-refractivity contribution < 1.29 is 22.1 Å². The summed E-state index contributed by atoms with van der Waals surface area (Å²) in [5, 5.41) is 2.24. The monoisotopic (exact) mass is 312 g/mol. The van der Waals surface area contributed by atoms with E-state index < -0.39 is 10.1 Å². The van der Waals surface area contributed by atoms with Crippen LogP contribution in [0.5, 0.6) is 5.75 Å². The molecule has 0 aliphatic carbocycles. The van der Waals surface area contributed by atoms with Crippen molar-refractivity contribution in [2.75, 3.05) is 20.3 Å². The van der Waals surface area contributed by atoms with Crippen molar-refractivity contribution in [2.24, 2.45) is 0 Å². The van der Waals surface area contributed by atoms with Gasteiger partial charge in [0.15, 0.2) is 0 Å². The number of hydrogen-bond donors (Lipinski definition) is 0. The second-order valence-corrected chi connectivity index (χ2v) is 5.75. The lowest BCUT2D eigenvalue weighted by atomic mass is 10.2. The zero-order valence-electron chi connectivity index (χ0n) is 12.5. The molecule has 0 heterocycles. The van der Waals surface area contributed by atoms with Crippen LogP contribution in [0.4, 0.5) is 0 Å². The van der Waals surface area contributed by atoms with Crippen LogP contribution in [0.15, 0.2) is 18.2 Å². The Morgan fingerprint density at radius 3 is 2.90 bits per heavy atom. The molecule has 0 aromatic heterocycles. The van der Waals surface area contributed by atoms with E-state index in [4.69, 9.17) is 13.7 Å². The summed E-state index contributed by atoms with van der Waals surface area (Å²) < 4.78 is 38.5. The van der Waals surface area contributed by atoms with Crippen molar-refractivity contribution >= 4 is 16.2 Å². The molecule has 0 saturated heterocycles. The van der Waals surface area contributed by atoms with Gasteiger partial charge in [-0.1, -0.05) is 13.0 Å². The van der Waals surface area contributed by atoms with Gasteiger partial charge in [0.25, 0.3) is 10.1 Å². The lowest BCUT2D eigenvalue weighted by Crippen LogP contribution is -2.18. The van der Waals surface area contributed by atoms with Crippen molar-refractivity contribution in [3.05, 3.63) is 35.2 Å². The molecule has 0 fully saturated rings. The molecule has 2 radical (unpaired) electrons. The second-order valence-electron chi connectivity index (χ2n) is 4.37. The van der Waals surface area contributed by atoms with Crippen LogP contribution < -0.4 is 4.74 Å². The zero-order valence-corrected chi connectivity index (χ0v) is 13.3. The fourth-order valence-electron chi connectivity index (χ4n) is 1.40. The quantitative estimate of drug-likeness (QED) is 0.655. The first-order valence-corrected chi connectivity index (χ1v) is 8.05. The van der Waals surface area contributed by atoms with Gasteiger partial charge in [0.1, 0.15) is 11.2 Å². The van der Waals surface area contributed by atoms with E-state index in [1.165, 1.54) is 13.2 Å². The summed E-state index contributed by atoms with van der Waals surface area (Å²) in [7, 11) is -2.34. The van der Waals surface area contributed by atoms with Crippen LogP contribution in [0.25, 0.3) is 6.08 Å².